The molecular formula is C14H14ClN3O6S. The molecular weight excluding hydrogens is 374 g/mol. The first-order valence-corrected chi connectivity index (χ1v) is 8.75. The molecule has 0 aliphatic heterocycles. The van der Waals surface area contributed by atoms with Gasteiger partial charge < -0.3 is 14.6 Å². The van der Waals surface area contributed by atoms with Crippen molar-refractivity contribution < 1.29 is 27.8 Å². The van der Waals surface area contributed by atoms with Gasteiger partial charge in [-0.25, -0.2) is 17.5 Å². The van der Waals surface area contributed by atoms with Gasteiger partial charge in [-0.05, 0) is 17.7 Å². The van der Waals surface area contributed by atoms with Gasteiger partial charge >= 0.3 is 12.1 Å². The van der Waals surface area contributed by atoms with Crippen LogP contribution in [-0.2, 0) is 15.8 Å². The van der Waals surface area contributed by atoms with E-state index in [0.717, 1.165) is 7.05 Å². The Hall–Kier alpha value is -2.59. The number of nitrogens with zero attached hydrogens (tertiary/aromatic N) is 3. The zero-order valence-electron chi connectivity index (χ0n) is 13.2. The minimum absolute atomic E-state index is 0.0434. The van der Waals surface area contributed by atoms with Gasteiger partial charge in [0.05, 0.1) is 12.9 Å². The first kappa shape index (κ1) is 18.7. The lowest BCUT2D eigenvalue weighted by Crippen LogP contribution is -2.32. The summed E-state index contributed by atoms with van der Waals surface area (Å²) in [5, 5.41) is 8.90. The summed E-state index contributed by atoms with van der Waals surface area (Å²) in [5.74, 6) is 0.0795. The average molecular weight is 388 g/mol. The lowest BCUT2D eigenvalue weighted by molar-refractivity contribution is 0.178. The summed E-state index contributed by atoms with van der Waals surface area (Å²) in [6, 6.07) is 7.49. The van der Waals surface area contributed by atoms with Crippen molar-refractivity contribution in [2.75, 3.05) is 14.2 Å². The molecule has 0 saturated carbocycles. The molecule has 0 aliphatic rings. The van der Waals surface area contributed by atoms with Gasteiger partial charge in [0.25, 0.3) is 0 Å². The van der Waals surface area contributed by atoms with Crippen molar-refractivity contribution in [1.29, 1.82) is 0 Å². The molecule has 134 valence electrons. The summed E-state index contributed by atoms with van der Waals surface area (Å²) in [7, 11) is -1.60. The first-order valence-electron chi connectivity index (χ1n) is 6.76. The van der Waals surface area contributed by atoms with Crippen LogP contribution in [0.2, 0.25) is 5.15 Å². The quantitative estimate of drug-likeness (QED) is 0.750. The predicted octanol–water partition coefficient (Wildman–Crippen LogP) is 2.37. The van der Waals surface area contributed by atoms with Crippen molar-refractivity contribution in [3.63, 3.8) is 0 Å². The maximum atomic E-state index is 11.9. The number of benzene rings is 1. The molecule has 0 bridgehead atoms. The number of rotatable bonds is 6. The standard InChI is InChI=1S/C14H14ClN3O6S/c1-18(14(19)20)25(21,22)8-9-3-5-10(6-4-9)24-12-7-11(15)16-13(17-12)23-2/h3-7H,8H2,1-2H3,(H,19,20). The number of aromatic nitrogens is 2. The Bertz CT molecular complexity index is 873. The van der Waals surface area contributed by atoms with Crippen LogP contribution in [0, 0.1) is 0 Å². The van der Waals surface area contributed by atoms with Crippen molar-refractivity contribution in [1.82, 2.24) is 14.3 Å². The smallest absolute Gasteiger partial charge is 0.420 e. The molecule has 0 atom stereocenters. The number of amides is 1. The molecule has 1 N–H and O–H groups in total. The number of hydrogen-bond donors (Lipinski definition) is 1. The van der Waals surface area contributed by atoms with Crippen LogP contribution in [0.1, 0.15) is 5.56 Å². The number of carbonyl (C=O) groups is 1. The molecule has 1 heterocycles. The van der Waals surface area contributed by atoms with Gasteiger partial charge in [0.2, 0.25) is 15.9 Å². The minimum Gasteiger partial charge on any atom is -0.467 e. The summed E-state index contributed by atoms with van der Waals surface area (Å²) in [6.07, 6.45) is -1.55. The van der Waals surface area contributed by atoms with E-state index in [1.807, 2.05) is 0 Å². The molecule has 1 aromatic heterocycles. The first-order chi connectivity index (χ1) is 11.7. The van der Waals surface area contributed by atoms with Crippen LogP contribution in [0.25, 0.3) is 0 Å². The highest BCUT2D eigenvalue weighted by Crippen LogP contribution is 2.24. The van der Waals surface area contributed by atoms with Gasteiger partial charge in [-0.2, -0.15) is 9.97 Å². The molecule has 2 rings (SSSR count). The molecule has 0 spiro atoms. The van der Waals surface area contributed by atoms with E-state index in [4.69, 9.17) is 26.2 Å². The molecule has 2 aromatic rings. The molecule has 25 heavy (non-hydrogen) atoms. The van der Waals surface area contributed by atoms with E-state index in [9.17, 15) is 13.2 Å². The van der Waals surface area contributed by atoms with Crippen molar-refractivity contribution >= 4 is 27.7 Å². The van der Waals surface area contributed by atoms with Crippen LogP contribution in [-0.4, -0.2) is 48.0 Å². The van der Waals surface area contributed by atoms with Crippen LogP contribution in [0.4, 0.5) is 4.79 Å². The Balaban J connectivity index is 2.13. The monoisotopic (exact) mass is 387 g/mol. The van der Waals surface area contributed by atoms with E-state index in [0.29, 0.717) is 11.3 Å². The molecule has 0 unspecified atom stereocenters. The predicted molar refractivity (Wildman–Crippen MR) is 88.5 cm³/mol. The van der Waals surface area contributed by atoms with Crippen LogP contribution in [0.15, 0.2) is 30.3 Å². The maximum Gasteiger partial charge on any atom is 0.420 e. The van der Waals surface area contributed by atoms with Crippen LogP contribution in [0.3, 0.4) is 0 Å². The van der Waals surface area contributed by atoms with Crippen molar-refractivity contribution in [2.24, 2.45) is 0 Å². The lowest BCUT2D eigenvalue weighted by atomic mass is 10.2. The fourth-order valence-electron chi connectivity index (χ4n) is 1.72. The fourth-order valence-corrected chi connectivity index (χ4v) is 2.93. The third-order valence-electron chi connectivity index (χ3n) is 3.01. The summed E-state index contributed by atoms with van der Waals surface area (Å²) in [5.41, 5.74) is 0.402. The van der Waals surface area contributed by atoms with Crippen LogP contribution < -0.4 is 9.47 Å². The largest absolute Gasteiger partial charge is 0.467 e. The minimum atomic E-state index is -3.96. The molecule has 11 heteroatoms. The summed E-state index contributed by atoms with van der Waals surface area (Å²) < 4.78 is 34.4. The Morgan fingerprint density at radius 1 is 1.28 bits per heavy atom. The third-order valence-corrected chi connectivity index (χ3v) is 4.90. The highest BCUT2D eigenvalue weighted by atomic mass is 35.5. The van der Waals surface area contributed by atoms with Gasteiger partial charge in [0.1, 0.15) is 10.9 Å². The third kappa shape index (κ3) is 4.94. The van der Waals surface area contributed by atoms with E-state index < -0.39 is 21.9 Å². The maximum absolute atomic E-state index is 11.9. The van der Waals surface area contributed by atoms with Gasteiger partial charge in [-0.1, -0.05) is 23.7 Å². The molecule has 1 aromatic carbocycles. The van der Waals surface area contributed by atoms with Gasteiger partial charge in [-0.15, -0.1) is 0 Å². The number of methoxy groups -OCH3 is 1. The lowest BCUT2D eigenvalue weighted by Gasteiger charge is -2.13. The highest BCUT2D eigenvalue weighted by Gasteiger charge is 2.23. The van der Waals surface area contributed by atoms with E-state index in [-0.39, 0.29) is 21.3 Å². The van der Waals surface area contributed by atoms with Crippen LogP contribution >= 0.6 is 11.6 Å². The van der Waals surface area contributed by atoms with E-state index >= 15 is 0 Å². The normalized spacial score (nSPS) is 11.0. The second-order valence-corrected chi connectivity index (χ2v) is 7.16. The Morgan fingerprint density at radius 2 is 1.92 bits per heavy atom. The Labute approximate surface area is 148 Å². The van der Waals surface area contributed by atoms with Crippen molar-refractivity contribution in [3.8, 4) is 17.6 Å². The van der Waals surface area contributed by atoms with Gasteiger partial charge in [-0.3, -0.25) is 0 Å². The summed E-state index contributed by atoms with van der Waals surface area (Å²) >= 11 is 5.82. The second kappa shape index (κ2) is 7.53. The fraction of sp³-hybridized carbons (Fsp3) is 0.214. The summed E-state index contributed by atoms with van der Waals surface area (Å²) in [6.45, 7) is 0. The number of carboxylic acid groups (broad SMARTS) is 1. The second-order valence-electron chi connectivity index (χ2n) is 4.77. The topological polar surface area (TPSA) is 119 Å². The van der Waals surface area contributed by atoms with E-state index in [1.165, 1.54) is 37.4 Å². The average Bonchev–Trinajstić information content (AvgIpc) is 2.55. The van der Waals surface area contributed by atoms with E-state index in [1.54, 1.807) is 0 Å². The number of halogens is 1. The number of hydrogen-bond acceptors (Lipinski definition) is 7. The molecule has 9 nitrogen and oxygen atoms in total. The zero-order valence-corrected chi connectivity index (χ0v) is 14.8. The highest BCUT2D eigenvalue weighted by molar-refractivity contribution is 7.88. The molecule has 0 saturated heterocycles. The SMILES string of the molecule is COc1nc(Cl)cc(Oc2ccc(CS(=O)(=O)N(C)C(=O)O)cc2)n1. The Morgan fingerprint density at radius 3 is 2.48 bits per heavy atom. The van der Waals surface area contributed by atoms with E-state index in [2.05, 4.69) is 9.97 Å². The summed E-state index contributed by atoms with van der Waals surface area (Å²) in [4.78, 5) is 18.5. The van der Waals surface area contributed by atoms with Gasteiger partial charge in [0, 0.05) is 13.1 Å². The Kier molecular flexibility index (Phi) is 5.65. The van der Waals surface area contributed by atoms with Crippen LogP contribution in [0.5, 0.6) is 17.6 Å². The molecule has 1 amide bonds. The number of ether oxygens (including phenoxy) is 2. The van der Waals surface area contributed by atoms with Gasteiger partial charge in [0.15, 0.2) is 0 Å². The van der Waals surface area contributed by atoms with Crippen molar-refractivity contribution in [2.45, 2.75) is 5.75 Å². The van der Waals surface area contributed by atoms with Crippen molar-refractivity contribution in [3.05, 3.63) is 41.0 Å². The molecule has 0 radical (unpaired) electrons. The number of sulfonamides is 1. The zero-order chi connectivity index (χ0) is 18.6. The molecule has 0 fully saturated rings. The molecule has 0 aliphatic carbocycles.